The normalized spacial score (nSPS) is 15.6. The molecular weight excluding hydrogens is 297 g/mol. The highest BCUT2D eigenvalue weighted by molar-refractivity contribution is 6.55. The van der Waals surface area contributed by atoms with Crippen molar-refractivity contribution < 1.29 is 18.7 Å². The zero-order chi connectivity index (χ0) is 15.6. The number of carbonyl (C=O) groups is 2. The van der Waals surface area contributed by atoms with Gasteiger partial charge in [0.15, 0.2) is 0 Å². The standard InChI is InChI=1S/C15H15ClFNO3/c1-9(2)21-8-7-18-14(19)12(13(16)15(18)20)10-3-5-11(17)6-4-10/h3-6,9H,7-8H2,1-2H3. The summed E-state index contributed by atoms with van der Waals surface area (Å²) in [5.74, 6) is -1.45. The Morgan fingerprint density at radius 3 is 2.38 bits per heavy atom. The van der Waals surface area contributed by atoms with Gasteiger partial charge in [0, 0.05) is 0 Å². The molecule has 1 aromatic carbocycles. The van der Waals surface area contributed by atoms with Crippen LogP contribution in [0.15, 0.2) is 29.3 Å². The summed E-state index contributed by atoms with van der Waals surface area (Å²) in [6.07, 6.45) is 0.0119. The van der Waals surface area contributed by atoms with Crippen molar-refractivity contribution in [3.63, 3.8) is 0 Å². The molecular formula is C15H15ClFNO3. The molecule has 0 N–H and O–H groups in total. The lowest BCUT2D eigenvalue weighted by molar-refractivity contribution is -0.137. The van der Waals surface area contributed by atoms with Crippen molar-refractivity contribution in [2.45, 2.75) is 20.0 Å². The molecule has 0 atom stereocenters. The van der Waals surface area contributed by atoms with Crippen LogP contribution in [0.5, 0.6) is 0 Å². The molecule has 1 aromatic rings. The molecule has 0 spiro atoms. The molecule has 4 nitrogen and oxygen atoms in total. The van der Waals surface area contributed by atoms with Gasteiger partial charge in [-0.25, -0.2) is 4.39 Å². The van der Waals surface area contributed by atoms with Crippen molar-refractivity contribution in [1.29, 1.82) is 0 Å². The highest BCUT2D eigenvalue weighted by Gasteiger charge is 2.37. The van der Waals surface area contributed by atoms with E-state index in [0.29, 0.717) is 5.56 Å². The summed E-state index contributed by atoms with van der Waals surface area (Å²) in [7, 11) is 0. The van der Waals surface area contributed by atoms with E-state index in [9.17, 15) is 14.0 Å². The molecule has 1 aliphatic heterocycles. The van der Waals surface area contributed by atoms with Gasteiger partial charge in [-0.05, 0) is 31.5 Å². The number of nitrogens with zero attached hydrogens (tertiary/aromatic N) is 1. The molecule has 0 unspecified atom stereocenters. The van der Waals surface area contributed by atoms with Gasteiger partial charge >= 0.3 is 0 Å². The first kappa shape index (κ1) is 15.7. The van der Waals surface area contributed by atoms with Gasteiger partial charge in [-0.15, -0.1) is 0 Å². The molecule has 2 amide bonds. The van der Waals surface area contributed by atoms with E-state index in [1.54, 1.807) is 0 Å². The van der Waals surface area contributed by atoms with Gasteiger partial charge in [0.05, 0.1) is 24.8 Å². The number of amides is 2. The minimum atomic E-state index is -0.548. The second kappa shape index (κ2) is 6.37. The first-order chi connectivity index (χ1) is 9.91. The Balaban J connectivity index is 2.18. The molecule has 6 heteroatoms. The van der Waals surface area contributed by atoms with E-state index < -0.39 is 17.6 Å². The van der Waals surface area contributed by atoms with Gasteiger partial charge < -0.3 is 4.74 Å². The smallest absolute Gasteiger partial charge is 0.273 e. The summed E-state index contributed by atoms with van der Waals surface area (Å²) < 4.78 is 18.3. The van der Waals surface area contributed by atoms with Crippen LogP contribution in [0.3, 0.4) is 0 Å². The average molecular weight is 312 g/mol. The van der Waals surface area contributed by atoms with Gasteiger partial charge in [-0.2, -0.15) is 0 Å². The Hall–Kier alpha value is -1.72. The van der Waals surface area contributed by atoms with Crippen LogP contribution in [0.1, 0.15) is 19.4 Å². The predicted octanol–water partition coefficient (Wildman–Crippen LogP) is 2.57. The summed E-state index contributed by atoms with van der Waals surface area (Å²) >= 11 is 5.97. The Morgan fingerprint density at radius 2 is 1.81 bits per heavy atom. The quantitative estimate of drug-likeness (QED) is 0.785. The number of halogens is 2. The molecule has 0 aromatic heterocycles. The predicted molar refractivity (Wildman–Crippen MR) is 77.0 cm³/mol. The van der Waals surface area contributed by atoms with Crippen molar-refractivity contribution in [2.24, 2.45) is 0 Å². The third kappa shape index (κ3) is 3.31. The zero-order valence-corrected chi connectivity index (χ0v) is 12.5. The van der Waals surface area contributed by atoms with E-state index in [2.05, 4.69) is 0 Å². The maximum absolute atomic E-state index is 12.9. The van der Waals surface area contributed by atoms with Gasteiger partial charge in [0.2, 0.25) is 0 Å². The highest BCUT2D eigenvalue weighted by Crippen LogP contribution is 2.31. The SMILES string of the molecule is CC(C)OCCN1C(=O)C(Cl)=C(c2ccc(F)cc2)C1=O. The van der Waals surface area contributed by atoms with Crippen LogP contribution < -0.4 is 0 Å². The molecule has 0 saturated carbocycles. The number of carbonyl (C=O) groups excluding carboxylic acids is 2. The summed E-state index contributed by atoms with van der Waals surface area (Å²) in [5.41, 5.74) is 0.526. The van der Waals surface area contributed by atoms with Crippen molar-refractivity contribution >= 4 is 29.0 Å². The van der Waals surface area contributed by atoms with E-state index in [1.165, 1.54) is 24.3 Å². The van der Waals surface area contributed by atoms with E-state index in [1.807, 2.05) is 13.8 Å². The molecule has 2 rings (SSSR count). The van der Waals surface area contributed by atoms with E-state index in [-0.39, 0.29) is 29.9 Å². The van der Waals surface area contributed by atoms with Crippen molar-refractivity contribution in [2.75, 3.05) is 13.2 Å². The second-order valence-corrected chi connectivity index (χ2v) is 5.26. The summed E-state index contributed by atoms with van der Waals surface area (Å²) in [4.78, 5) is 25.4. The first-order valence-corrected chi connectivity index (χ1v) is 6.93. The Bertz CT molecular complexity index is 595. The van der Waals surface area contributed by atoms with Gasteiger partial charge in [0.1, 0.15) is 10.8 Å². The van der Waals surface area contributed by atoms with Crippen molar-refractivity contribution in [3.05, 3.63) is 40.7 Å². The lowest BCUT2D eigenvalue weighted by Gasteiger charge is -2.16. The highest BCUT2D eigenvalue weighted by atomic mass is 35.5. The summed E-state index contributed by atoms with van der Waals surface area (Å²) in [6, 6.07) is 5.28. The minimum Gasteiger partial charge on any atom is -0.377 e. The summed E-state index contributed by atoms with van der Waals surface area (Å²) in [5, 5.41) is -0.142. The zero-order valence-electron chi connectivity index (χ0n) is 11.7. The van der Waals surface area contributed by atoms with Crippen LogP contribution in [0.25, 0.3) is 5.57 Å². The fourth-order valence-electron chi connectivity index (χ4n) is 2.00. The van der Waals surface area contributed by atoms with E-state index in [4.69, 9.17) is 16.3 Å². The number of imide groups is 1. The molecule has 1 heterocycles. The topological polar surface area (TPSA) is 46.6 Å². The molecule has 112 valence electrons. The number of hydrogen-bond acceptors (Lipinski definition) is 3. The maximum atomic E-state index is 12.9. The van der Waals surface area contributed by atoms with Crippen LogP contribution >= 0.6 is 11.6 Å². The fourth-order valence-corrected chi connectivity index (χ4v) is 2.29. The third-order valence-corrected chi connectivity index (χ3v) is 3.36. The second-order valence-electron chi connectivity index (χ2n) is 4.88. The van der Waals surface area contributed by atoms with Crippen LogP contribution in [-0.2, 0) is 14.3 Å². The van der Waals surface area contributed by atoms with Crippen LogP contribution in [0, 0.1) is 5.82 Å². The lowest BCUT2D eigenvalue weighted by Crippen LogP contribution is -2.34. The molecule has 0 saturated heterocycles. The van der Waals surface area contributed by atoms with Crippen molar-refractivity contribution in [1.82, 2.24) is 4.90 Å². The Morgan fingerprint density at radius 1 is 1.19 bits per heavy atom. The number of ether oxygens (including phenoxy) is 1. The molecule has 0 aliphatic carbocycles. The van der Waals surface area contributed by atoms with Gasteiger partial charge in [-0.1, -0.05) is 23.7 Å². The van der Waals surface area contributed by atoms with Crippen LogP contribution in [-0.4, -0.2) is 36.0 Å². The molecule has 0 radical (unpaired) electrons. The molecule has 21 heavy (non-hydrogen) atoms. The molecule has 1 aliphatic rings. The Labute approximate surface area is 127 Å². The summed E-state index contributed by atoms with van der Waals surface area (Å²) in [6.45, 7) is 4.11. The first-order valence-electron chi connectivity index (χ1n) is 6.55. The van der Waals surface area contributed by atoms with Crippen LogP contribution in [0.4, 0.5) is 4.39 Å². The number of benzene rings is 1. The fraction of sp³-hybridized carbons (Fsp3) is 0.333. The maximum Gasteiger partial charge on any atom is 0.273 e. The lowest BCUT2D eigenvalue weighted by atomic mass is 10.1. The molecule has 0 fully saturated rings. The monoisotopic (exact) mass is 311 g/mol. The van der Waals surface area contributed by atoms with E-state index in [0.717, 1.165) is 4.90 Å². The minimum absolute atomic E-state index is 0.0119. The number of rotatable bonds is 5. The third-order valence-electron chi connectivity index (χ3n) is 3.01. The van der Waals surface area contributed by atoms with Gasteiger partial charge in [-0.3, -0.25) is 14.5 Å². The van der Waals surface area contributed by atoms with Gasteiger partial charge in [0.25, 0.3) is 11.8 Å². The van der Waals surface area contributed by atoms with E-state index >= 15 is 0 Å². The Kier molecular flexibility index (Phi) is 4.75. The number of hydrogen-bond donors (Lipinski definition) is 0. The van der Waals surface area contributed by atoms with Crippen LogP contribution in [0.2, 0.25) is 0 Å². The average Bonchev–Trinajstić information content (AvgIpc) is 2.64. The molecule has 0 bridgehead atoms. The van der Waals surface area contributed by atoms with Crippen molar-refractivity contribution in [3.8, 4) is 0 Å². The largest absolute Gasteiger partial charge is 0.377 e.